The van der Waals surface area contributed by atoms with Crippen molar-refractivity contribution in [3.05, 3.63) is 0 Å². The van der Waals surface area contributed by atoms with Crippen molar-refractivity contribution >= 4 is 17.9 Å². The van der Waals surface area contributed by atoms with Gasteiger partial charge in [0.15, 0.2) is 6.10 Å². The maximum Gasteiger partial charge on any atom is 0.306 e. The minimum Gasteiger partial charge on any atom is -0.462 e. The Labute approximate surface area is 412 Å². The zero-order valence-electron chi connectivity index (χ0n) is 45.3. The van der Waals surface area contributed by atoms with Gasteiger partial charge in [-0.2, -0.15) is 0 Å². The number of rotatable bonds is 54. The molecule has 1 unspecified atom stereocenters. The number of ether oxygens (including phenoxy) is 3. The van der Waals surface area contributed by atoms with E-state index in [-0.39, 0.29) is 31.1 Å². The van der Waals surface area contributed by atoms with Crippen molar-refractivity contribution < 1.29 is 28.6 Å². The Balaban J connectivity index is 4.25. The summed E-state index contributed by atoms with van der Waals surface area (Å²) >= 11 is 0. The first-order valence-corrected chi connectivity index (χ1v) is 29.8. The smallest absolute Gasteiger partial charge is 0.306 e. The SMILES string of the molecule is CCCCCCCCCCCCCCCCCCCCCC(=O)OC[C@@H](COC(=O)CCCCCCCCCCCCCCCCC(C)C)OC(=O)CCCCCCCCCCC(C)CC. The Morgan fingerprint density at radius 1 is 0.318 bits per heavy atom. The van der Waals surface area contributed by atoms with Gasteiger partial charge in [0, 0.05) is 19.3 Å². The van der Waals surface area contributed by atoms with Crippen molar-refractivity contribution in [2.75, 3.05) is 13.2 Å². The molecule has 0 fully saturated rings. The summed E-state index contributed by atoms with van der Waals surface area (Å²) in [7, 11) is 0. The zero-order chi connectivity index (χ0) is 48.2. The Bertz CT molecular complexity index is 1010. The van der Waals surface area contributed by atoms with Gasteiger partial charge in [-0.3, -0.25) is 14.4 Å². The average Bonchev–Trinajstić information content (AvgIpc) is 3.30. The van der Waals surface area contributed by atoms with Gasteiger partial charge in [0.1, 0.15) is 13.2 Å². The monoisotopic (exact) mass is 933 g/mol. The molecule has 0 amide bonds. The summed E-state index contributed by atoms with van der Waals surface area (Å²) in [6.07, 6.45) is 56.7. The summed E-state index contributed by atoms with van der Waals surface area (Å²) in [5, 5.41) is 0. The number of carbonyl (C=O) groups excluding carboxylic acids is 3. The van der Waals surface area contributed by atoms with Crippen LogP contribution in [0.5, 0.6) is 0 Å². The molecule has 0 aromatic heterocycles. The van der Waals surface area contributed by atoms with Gasteiger partial charge in [0.2, 0.25) is 0 Å². The van der Waals surface area contributed by atoms with Gasteiger partial charge in [-0.05, 0) is 31.1 Å². The van der Waals surface area contributed by atoms with Crippen LogP contribution in [0, 0.1) is 11.8 Å². The van der Waals surface area contributed by atoms with Crippen LogP contribution >= 0.6 is 0 Å². The number of hydrogen-bond acceptors (Lipinski definition) is 6. The van der Waals surface area contributed by atoms with Gasteiger partial charge in [-0.1, -0.05) is 298 Å². The molecule has 66 heavy (non-hydrogen) atoms. The summed E-state index contributed by atoms with van der Waals surface area (Å²) in [4.78, 5) is 38.2. The van der Waals surface area contributed by atoms with E-state index in [4.69, 9.17) is 14.2 Å². The topological polar surface area (TPSA) is 78.9 Å². The van der Waals surface area contributed by atoms with E-state index in [2.05, 4.69) is 34.6 Å². The quantitative estimate of drug-likeness (QED) is 0.0343. The first-order valence-electron chi connectivity index (χ1n) is 29.8. The maximum absolute atomic E-state index is 12.8. The third-order valence-electron chi connectivity index (χ3n) is 14.1. The lowest BCUT2D eigenvalue weighted by molar-refractivity contribution is -0.167. The Kier molecular flexibility index (Phi) is 51.5. The van der Waals surface area contributed by atoms with Gasteiger partial charge in [0.25, 0.3) is 0 Å². The molecule has 0 aliphatic carbocycles. The molecule has 0 aliphatic heterocycles. The van der Waals surface area contributed by atoms with E-state index in [1.807, 2.05) is 0 Å². The van der Waals surface area contributed by atoms with Crippen LogP contribution in [-0.2, 0) is 28.6 Å². The fourth-order valence-electron chi connectivity index (χ4n) is 9.20. The molecule has 0 spiro atoms. The highest BCUT2D eigenvalue weighted by atomic mass is 16.6. The molecule has 0 aromatic rings. The molecule has 2 atom stereocenters. The van der Waals surface area contributed by atoms with Crippen LogP contribution in [0.25, 0.3) is 0 Å². The van der Waals surface area contributed by atoms with Crippen molar-refractivity contribution in [3.8, 4) is 0 Å². The molecular weight excluding hydrogens is 817 g/mol. The van der Waals surface area contributed by atoms with Crippen LogP contribution < -0.4 is 0 Å². The van der Waals surface area contributed by atoms with Crippen LogP contribution in [0.2, 0.25) is 0 Å². The van der Waals surface area contributed by atoms with Crippen LogP contribution in [0.4, 0.5) is 0 Å². The molecular formula is C60H116O6. The molecule has 0 saturated carbocycles. The van der Waals surface area contributed by atoms with Crippen molar-refractivity contribution in [3.63, 3.8) is 0 Å². The summed E-state index contributed by atoms with van der Waals surface area (Å²) in [5.74, 6) is 0.849. The Morgan fingerprint density at radius 2 is 0.576 bits per heavy atom. The van der Waals surface area contributed by atoms with Crippen LogP contribution in [0.15, 0.2) is 0 Å². The molecule has 0 bridgehead atoms. The largest absolute Gasteiger partial charge is 0.462 e. The summed E-state index contributed by atoms with van der Waals surface area (Å²) in [6.45, 7) is 11.4. The van der Waals surface area contributed by atoms with E-state index >= 15 is 0 Å². The van der Waals surface area contributed by atoms with Gasteiger partial charge in [-0.15, -0.1) is 0 Å². The summed E-state index contributed by atoms with van der Waals surface area (Å²) in [6, 6.07) is 0. The van der Waals surface area contributed by atoms with Gasteiger partial charge < -0.3 is 14.2 Å². The first kappa shape index (κ1) is 64.4. The minimum absolute atomic E-state index is 0.0630. The number of carbonyl (C=O) groups is 3. The maximum atomic E-state index is 12.8. The van der Waals surface area contributed by atoms with E-state index < -0.39 is 6.10 Å². The third kappa shape index (κ3) is 51.8. The molecule has 0 N–H and O–H groups in total. The Morgan fingerprint density at radius 3 is 0.864 bits per heavy atom. The third-order valence-corrected chi connectivity index (χ3v) is 14.1. The summed E-state index contributed by atoms with van der Waals surface area (Å²) < 4.78 is 16.9. The molecule has 0 aliphatic rings. The van der Waals surface area contributed by atoms with Gasteiger partial charge >= 0.3 is 17.9 Å². The lowest BCUT2D eigenvalue weighted by Gasteiger charge is -2.18. The van der Waals surface area contributed by atoms with Crippen molar-refractivity contribution in [1.82, 2.24) is 0 Å². The van der Waals surface area contributed by atoms with E-state index in [9.17, 15) is 14.4 Å². The molecule has 6 nitrogen and oxygen atoms in total. The van der Waals surface area contributed by atoms with E-state index in [0.29, 0.717) is 19.3 Å². The average molecular weight is 934 g/mol. The predicted octanol–water partition coefficient (Wildman–Crippen LogP) is 19.7. The second-order valence-corrected chi connectivity index (χ2v) is 21.4. The highest BCUT2D eigenvalue weighted by Crippen LogP contribution is 2.19. The number of esters is 3. The molecule has 0 radical (unpaired) electrons. The highest BCUT2D eigenvalue weighted by molar-refractivity contribution is 5.71. The fourth-order valence-corrected chi connectivity index (χ4v) is 9.20. The number of unbranched alkanes of at least 4 members (excludes halogenated alkanes) is 38. The van der Waals surface area contributed by atoms with Crippen molar-refractivity contribution in [2.45, 2.75) is 343 Å². The van der Waals surface area contributed by atoms with Crippen LogP contribution in [0.1, 0.15) is 336 Å². The standard InChI is InChI=1S/C60H116O6/c1-6-8-9-10-11-12-13-14-15-16-17-18-19-23-26-29-35-40-45-50-58(61)64-53-57(66-60(63)52-47-42-37-32-31-34-39-44-49-56(5)7-2)54-65-59(62)51-46-41-36-30-27-24-21-20-22-25-28-33-38-43-48-55(3)4/h55-57H,6-54H2,1-5H3/t56?,57-/m0/s1. The van der Waals surface area contributed by atoms with E-state index in [1.54, 1.807) is 0 Å². The van der Waals surface area contributed by atoms with Crippen molar-refractivity contribution in [1.29, 1.82) is 0 Å². The van der Waals surface area contributed by atoms with E-state index in [1.165, 1.54) is 225 Å². The molecule has 0 heterocycles. The second-order valence-electron chi connectivity index (χ2n) is 21.4. The number of hydrogen-bond donors (Lipinski definition) is 0. The Hall–Kier alpha value is -1.59. The van der Waals surface area contributed by atoms with Crippen molar-refractivity contribution in [2.24, 2.45) is 11.8 Å². The van der Waals surface area contributed by atoms with Gasteiger partial charge in [0.05, 0.1) is 0 Å². The van der Waals surface area contributed by atoms with Crippen LogP contribution in [-0.4, -0.2) is 37.2 Å². The molecule has 0 aromatic carbocycles. The zero-order valence-corrected chi connectivity index (χ0v) is 45.3. The minimum atomic E-state index is -0.763. The highest BCUT2D eigenvalue weighted by Gasteiger charge is 2.19. The lowest BCUT2D eigenvalue weighted by atomic mass is 9.99. The van der Waals surface area contributed by atoms with Crippen LogP contribution in [0.3, 0.4) is 0 Å². The molecule has 6 heteroatoms. The summed E-state index contributed by atoms with van der Waals surface area (Å²) in [5.41, 5.74) is 0. The lowest BCUT2D eigenvalue weighted by Crippen LogP contribution is -2.30. The fraction of sp³-hybridized carbons (Fsp3) is 0.950. The molecule has 0 saturated heterocycles. The normalized spacial score (nSPS) is 12.5. The first-order chi connectivity index (χ1) is 32.3. The molecule has 0 rings (SSSR count). The predicted molar refractivity (Wildman–Crippen MR) is 284 cm³/mol. The van der Waals surface area contributed by atoms with Gasteiger partial charge in [-0.25, -0.2) is 0 Å². The molecule has 392 valence electrons. The van der Waals surface area contributed by atoms with E-state index in [0.717, 1.165) is 69.6 Å². The second kappa shape index (κ2) is 52.8.